The molecule has 130 valence electrons. The van der Waals surface area contributed by atoms with Crippen molar-refractivity contribution in [1.82, 2.24) is 0 Å². The third-order valence-electron chi connectivity index (χ3n) is 4.08. The van der Waals surface area contributed by atoms with E-state index in [1.807, 2.05) is 19.9 Å². The maximum absolute atomic E-state index is 11.7. The Bertz CT molecular complexity index is 786. The number of ether oxygens (including phenoxy) is 1. The summed E-state index contributed by atoms with van der Waals surface area (Å²) >= 11 is 1.22. The van der Waals surface area contributed by atoms with E-state index in [1.54, 1.807) is 12.1 Å². The van der Waals surface area contributed by atoms with E-state index in [-0.39, 0.29) is 11.7 Å². The molecule has 4 atom stereocenters. The zero-order chi connectivity index (χ0) is 17.4. The molecule has 1 aliphatic heterocycles. The Hall–Kier alpha value is -1.54. The minimum absolute atomic E-state index is 0.177. The van der Waals surface area contributed by atoms with Gasteiger partial charge in [-0.15, -0.1) is 11.8 Å². The molecule has 1 saturated heterocycles. The molecule has 1 aliphatic rings. The highest BCUT2D eigenvalue weighted by molar-refractivity contribution is 7.99. The number of hydrogen-bond donors (Lipinski definition) is 3. The molecule has 0 bridgehead atoms. The van der Waals surface area contributed by atoms with E-state index in [4.69, 9.17) is 9.15 Å². The summed E-state index contributed by atoms with van der Waals surface area (Å²) in [5.74, 6) is 0.866. The van der Waals surface area contributed by atoms with Gasteiger partial charge in [-0.05, 0) is 23.6 Å². The van der Waals surface area contributed by atoms with Crippen molar-refractivity contribution in [1.29, 1.82) is 0 Å². The standard InChI is InChI=1S/C17H20O6S/c1-8(2)11-6-14(19)23-13-5-9(3-4-10(11)13)22-17-16(21)15(20)12(18)7-24-17/h3-6,8,12,15-18,20-21H,7H2,1-2H3/t12-,15+,16-,17-/m1/s1. The fourth-order valence-corrected chi connectivity index (χ4v) is 3.86. The molecule has 2 aromatic rings. The van der Waals surface area contributed by atoms with Crippen LogP contribution in [0.1, 0.15) is 25.3 Å². The fourth-order valence-electron chi connectivity index (χ4n) is 2.74. The van der Waals surface area contributed by atoms with Gasteiger partial charge in [-0.25, -0.2) is 4.79 Å². The summed E-state index contributed by atoms with van der Waals surface area (Å²) in [7, 11) is 0. The first-order valence-electron chi connectivity index (χ1n) is 7.77. The summed E-state index contributed by atoms with van der Waals surface area (Å²) < 4.78 is 11.0. The van der Waals surface area contributed by atoms with Gasteiger partial charge in [-0.1, -0.05) is 13.8 Å². The van der Waals surface area contributed by atoms with Gasteiger partial charge in [-0.2, -0.15) is 0 Å². The molecule has 7 heteroatoms. The molecule has 0 radical (unpaired) electrons. The van der Waals surface area contributed by atoms with Crippen LogP contribution in [0.3, 0.4) is 0 Å². The highest BCUT2D eigenvalue weighted by atomic mass is 32.2. The second-order valence-corrected chi connectivity index (χ2v) is 7.33. The number of rotatable bonds is 3. The topological polar surface area (TPSA) is 100 Å². The van der Waals surface area contributed by atoms with Crippen molar-refractivity contribution in [2.75, 3.05) is 5.75 Å². The third kappa shape index (κ3) is 3.30. The highest BCUT2D eigenvalue weighted by Crippen LogP contribution is 2.32. The molecule has 1 aromatic carbocycles. The van der Waals surface area contributed by atoms with Crippen LogP contribution in [0.2, 0.25) is 0 Å². The largest absolute Gasteiger partial charge is 0.477 e. The predicted molar refractivity (Wildman–Crippen MR) is 91.5 cm³/mol. The lowest BCUT2D eigenvalue weighted by Gasteiger charge is -2.34. The molecule has 1 aromatic heterocycles. The number of aliphatic hydroxyl groups excluding tert-OH is 3. The quantitative estimate of drug-likeness (QED) is 0.719. The van der Waals surface area contributed by atoms with E-state index in [0.29, 0.717) is 11.3 Å². The van der Waals surface area contributed by atoms with E-state index in [0.717, 1.165) is 10.9 Å². The van der Waals surface area contributed by atoms with Gasteiger partial charge in [0.15, 0.2) is 5.44 Å². The van der Waals surface area contributed by atoms with Gasteiger partial charge in [0.1, 0.15) is 23.5 Å². The average molecular weight is 352 g/mol. The van der Waals surface area contributed by atoms with Crippen molar-refractivity contribution < 1.29 is 24.5 Å². The summed E-state index contributed by atoms with van der Waals surface area (Å²) in [6.07, 6.45) is -3.43. The van der Waals surface area contributed by atoms with Crippen LogP contribution in [0.25, 0.3) is 11.0 Å². The molecular formula is C17H20O6S. The Morgan fingerprint density at radius 2 is 1.96 bits per heavy atom. The summed E-state index contributed by atoms with van der Waals surface area (Å²) in [4.78, 5) is 11.7. The Morgan fingerprint density at radius 3 is 2.67 bits per heavy atom. The summed E-state index contributed by atoms with van der Waals surface area (Å²) in [5.41, 5.74) is 0.188. The van der Waals surface area contributed by atoms with E-state index in [1.165, 1.54) is 17.8 Å². The van der Waals surface area contributed by atoms with E-state index >= 15 is 0 Å². The average Bonchev–Trinajstić information content (AvgIpc) is 2.54. The van der Waals surface area contributed by atoms with Crippen molar-refractivity contribution in [2.24, 2.45) is 0 Å². The maximum atomic E-state index is 11.7. The zero-order valence-electron chi connectivity index (χ0n) is 13.4. The van der Waals surface area contributed by atoms with E-state index in [2.05, 4.69) is 0 Å². The molecule has 0 amide bonds. The highest BCUT2D eigenvalue weighted by Gasteiger charge is 2.38. The molecule has 2 heterocycles. The Balaban J connectivity index is 1.90. The van der Waals surface area contributed by atoms with Crippen LogP contribution in [-0.2, 0) is 0 Å². The minimum Gasteiger partial charge on any atom is -0.477 e. The monoisotopic (exact) mass is 352 g/mol. The molecule has 3 N–H and O–H groups in total. The molecule has 1 fully saturated rings. The maximum Gasteiger partial charge on any atom is 0.336 e. The van der Waals surface area contributed by atoms with Crippen molar-refractivity contribution in [3.63, 3.8) is 0 Å². The van der Waals surface area contributed by atoms with Crippen LogP contribution in [-0.4, -0.2) is 44.8 Å². The molecule has 0 unspecified atom stereocenters. The second-order valence-electron chi connectivity index (χ2n) is 6.20. The molecule has 0 saturated carbocycles. The molecule has 24 heavy (non-hydrogen) atoms. The Morgan fingerprint density at radius 1 is 1.21 bits per heavy atom. The fraction of sp³-hybridized carbons (Fsp3) is 0.471. The van der Waals surface area contributed by atoms with Gasteiger partial charge in [0.2, 0.25) is 0 Å². The minimum atomic E-state index is -1.25. The first kappa shape index (κ1) is 17.3. The molecule has 3 rings (SSSR count). The summed E-state index contributed by atoms with van der Waals surface area (Å²) in [6, 6.07) is 6.65. The number of aliphatic hydroxyl groups is 3. The second kappa shape index (κ2) is 6.76. The van der Waals surface area contributed by atoms with Crippen molar-refractivity contribution >= 4 is 22.7 Å². The lowest BCUT2D eigenvalue weighted by atomic mass is 10.00. The smallest absolute Gasteiger partial charge is 0.336 e. The summed E-state index contributed by atoms with van der Waals surface area (Å²) in [5, 5.41) is 30.1. The van der Waals surface area contributed by atoms with Crippen LogP contribution in [0, 0.1) is 0 Å². The normalized spacial score (nSPS) is 27.6. The van der Waals surface area contributed by atoms with Crippen LogP contribution in [0.5, 0.6) is 5.75 Å². The zero-order valence-corrected chi connectivity index (χ0v) is 14.2. The Kier molecular flexibility index (Phi) is 4.87. The van der Waals surface area contributed by atoms with Gasteiger partial charge in [0.05, 0.1) is 6.10 Å². The number of thioether (sulfide) groups is 1. The van der Waals surface area contributed by atoms with Crippen LogP contribution < -0.4 is 10.4 Å². The molecule has 0 aliphatic carbocycles. The number of hydrogen-bond acceptors (Lipinski definition) is 7. The van der Waals surface area contributed by atoms with E-state index < -0.39 is 29.4 Å². The lowest BCUT2D eigenvalue weighted by molar-refractivity contribution is -0.0786. The van der Waals surface area contributed by atoms with Gasteiger partial charge in [-0.3, -0.25) is 0 Å². The first-order valence-corrected chi connectivity index (χ1v) is 8.82. The molecular weight excluding hydrogens is 332 g/mol. The van der Waals surface area contributed by atoms with Gasteiger partial charge in [0, 0.05) is 23.3 Å². The molecule has 0 spiro atoms. The first-order chi connectivity index (χ1) is 11.4. The van der Waals surface area contributed by atoms with Gasteiger partial charge >= 0.3 is 5.63 Å². The van der Waals surface area contributed by atoms with Crippen molar-refractivity contribution in [3.05, 3.63) is 40.2 Å². The predicted octanol–water partition coefficient (Wildman–Crippen LogP) is 1.45. The van der Waals surface area contributed by atoms with E-state index in [9.17, 15) is 20.1 Å². The number of benzene rings is 1. The van der Waals surface area contributed by atoms with Gasteiger partial charge < -0.3 is 24.5 Å². The van der Waals surface area contributed by atoms with Crippen molar-refractivity contribution in [2.45, 2.75) is 43.5 Å². The third-order valence-corrected chi connectivity index (χ3v) is 5.31. The van der Waals surface area contributed by atoms with Crippen LogP contribution >= 0.6 is 11.8 Å². The SMILES string of the molecule is CC(C)c1cc(=O)oc2cc(O[C@@H]3SC[C@@H](O)[C@H](O)[C@H]3O)ccc12. The number of fused-ring (bicyclic) bond motifs is 1. The Labute approximate surface area is 143 Å². The van der Waals surface area contributed by atoms with Gasteiger partial charge in [0.25, 0.3) is 0 Å². The van der Waals surface area contributed by atoms with Crippen molar-refractivity contribution in [3.8, 4) is 5.75 Å². The van der Waals surface area contributed by atoms with Crippen LogP contribution in [0.15, 0.2) is 33.5 Å². The van der Waals surface area contributed by atoms with Crippen LogP contribution in [0.4, 0.5) is 0 Å². The lowest BCUT2D eigenvalue weighted by Crippen LogP contribution is -2.50. The summed E-state index contributed by atoms with van der Waals surface area (Å²) in [6.45, 7) is 4.00. The molecule has 6 nitrogen and oxygen atoms in total.